The lowest BCUT2D eigenvalue weighted by Crippen LogP contribution is -2.39. The maximum atomic E-state index is 12.2. The number of carboxylic acids is 1. The molecule has 0 aliphatic heterocycles. The summed E-state index contributed by atoms with van der Waals surface area (Å²) in [6.07, 6.45) is 4.97. The van der Waals surface area contributed by atoms with E-state index in [0.29, 0.717) is 11.3 Å². The van der Waals surface area contributed by atoms with Gasteiger partial charge in [0.25, 0.3) is 0 Å². The SMILES string of the molecule is COc1ccc(S(=O)(=O)NC2CCC2)cc1C=CC(=O)O. The normalized spacial score (nSPS) is 15.9. The van der Waals surface area contributed by atoms with Gasteiger partial charge in [0.2, 0.25) is 10.0 Å². The quantitative estimate of drug-likeness (QED) is 0.779. The van der Waals surface area contributed by atoms with Crippen molar-refractivity contribution in [3.8, 4) is 5.75 Å². The standard InChI is InChI=1S/C14H17NO5S/c1-20-13-7-6-12(9-10(13)5-8-14(16)17)21(18,19)15-11-3-2-4-11/h5-9,11,15H,2-4H2,1H3,(H,16,17). The van der Waals surface area contributed by atoms with Crippen LogP contribution in [0.4, 0.5) is 0 Å². The van der Waals surface area contributed by atoms with Crippen LogP contribution in [0.5, 0.6) is 5.75 Å². The van der Waals surface area contributed by atoms with Crippen molar-refractivity contribution in [2.75, 3.05) is 7.11 Å². The van der Waals surface area contributed by atoms with Gasteiger partial charge in [-0.3, -0.25) is 0 Å². The van der Waals surface area contributed by atoms with Crippen molar-refractivity contribution in [1.29, 1.82) is 0 Å². The van der Waals surface area contributed by atoms with Crippen LogP contribution in [0, 0.1) is 0 Å². The lowest BCUT2D eigenvalue weighted by Gasteiger charge is -2.26. The number of nitrogens with one attached hydrogen (secondary N) is 1. The fraction of sp³-hybridized carbons (Fsp3) is 0.357. The van der Waals surface area contributed by atoms with E-state index in [1.54, 1.807) is 0 Å². The van der Waals surface area contributed by atoms with Crippen LogP contribution in [0.3, 0.4) is 0 Å². The Bertz CT molecular complexity index is 662. The molecule has 1 aromatic carbocycles. The highest BCUT2D eigenvalue weighted by Gasteiger charge is 2.25. The molecule has 0 aromatic heterocycles. The van der Waals surface area contributed by atoms with Crippen molar-refractivity contribution >= 4 is 22.1 Å². The van der Waals surface area contributed by atoms with Crippen molar-refractivity contribution < 1.29 is 23.1 Å². The van der Waals surface area contributed by atoms with Gasteiger partial charge in [-0.25, -0.2) is 17.9 Å². The number of rotatable bonds is 6. The Morgan fingerprint density at radius 1 is 1.43 bits per heavy atom. The van der Waals surface area contributed by atoms with E-state index < -0.39 is 16.0 Å². The summed E-state index contributed by atoms with van der Waals surface area (Å²) in [5.74, 6) is -0.701. The maximum absolute atomic E-state index is 12.2. The number of hydrogen-bond acceptors (Lipinski definition) is 4. The zero-order valence-corrected chi connectivity index (χ0v) is 12.4. The first-order valence-corrected chi connectivity index (χ1v) is 8.02. The highest BCUT2D eigenvalue weighted by Crippen LogP contribution is 2.25. The first-order chi connectivity index (χ1) is 9.92. The second-order valence-corrected chi connectivity index (χ2v) is 6.54. The first kappa shape index (κ1) is 15.5. The van der Waals surface area contributed by atoms with Gasteiger partial charge in [0.15, 0.2) is 0 Å². The van der Waals surface area contributed by atoms with E-state index in [1.165, 1.54) is 31.4 Å². The topological polar surface area (TPSA) is 92.7 Å². The van der Waals surface area contributed by atoms with Gasteiger partial charge in [-0.2, -0.15) is 0 Å². The van der Waals surface area contributed by atoms with Gasteiger partial charge >= 0.3 is 5.97 Å². The number of carboxylic acid groups (broad SMARTS) is 1. The molecular weight excluding hydrogens is 294 g/mol. The van der Waals surface area contributed by atoms with Gasteiger partial charge in [-0.05, 0) is 37.1 Å². The van der Waals surface area contributed by atoms with Crippen molar-refractivity contribution in [1.82, 2.24) is 4.72 Å². The summed E-state index contributed by atoms with van der Waals surface area (Å²) < 4.78 is 32.2. The highest BCUT2D eigenvalue weighted by molar-refractivity contribution is 7.89. The summed E-state index contributed by atoms with van der Waals surface area (Å²) in [6, 6.07) is 4.35. The third-order valence-electron chi connectivity index (χ3n) is 3.34. The van der Waals surface area contributed by atoms with Crippen LogP contribution in [-0.4, -0.2) is 32.6 Å². The number of methoxy groups -OCH3 is 1. The first-order valence-electron chi connectivity index (χ1n) is 6.54. The molecule has 2 rings (SSSR count). The second kappa shape index (κ2) is 6.28. The maximum Gasteiger partial charge on any atom is 0.328 e. The van der Waals surface area contributed by atoms with E-state index in [0.717, 1.165) is 25.3 Å². The Kier molecular flexibility index (Phi) is 4.64. The molecule has 0 bridgehead atoms. The van der Waals surface area contributed by atoms with Gasteiger partial charge in [0.05, 0.1) is 12.0 Å². The van der Waals surface area contributed by atoms with Gasteiger partial charge in [0.1, 0.15) is 5.75 Å². The lowest BCUT2D eigenvalue weighted by atomic mass is 9.94. The summed E-state index contributed by atoms with van der Waals surface area (Å²) in [4.78, 5) is 10.7. The van der Waals surface area contributed by atoms with E-state index >= 15 is 0 Å². The number of carbonyl (C=O) groups is 1. The van der Waals surface area contributed by atoms with E-state index in [-0.39, 0.29) is 10.9 Å². The fourth-order valence-electron chi connectivity index (χ4n) is 1.98. The molecule has 1 aliphatic carbocycles. The average Bonchev–Trinajstić information content (AvgIpc) is 2.40. The molecule has 7 heteroatoms. The largest absolute Gasteiger partial charge is 0.496 e. The molecule has 0 atom stereocenters. The third-order valence-corrected chi connectivity index (χ3v) is 4.86. The summed E-state index contributed by atoms with van der Waals surface area (Å²) in [5.41, 5.74) is 0.399. The molecule has 0 spiro atoms. The minimum Gasteiger partial charge on any atom is -0.496 e. The molecule has 1 aromatic rings. The zero-order chi connectivity index (χ0) is 15.5. The molecule has 0 unspecified atom stereocenters. The zero-order valence-electron chi connectivity index (χ0n) is 11.6. The molecule has 0 saturated heterocycles. The Morgan fingerprint density at radius 2 is 2.14 bits per heavy atom. The molecular formula is C14H17NO5S. The van der Waals surface area contributed by atoms with Gasteiger partial charge in [0, 0.05) is 17.7 Å². The van der Waals surface area contributed by atoms with E-state index in [9.17, 15) is 13.2 Å². The van der Waals surface area contributed by atoms with Crippen molar-refractivity contribution in [2.24, 2.45) is 0 Å². The summed E-state index contributed by atoms with van der Waals surface area (Å²) in [6.45, 7) is 0. The van der Waals surface area contributed by atoms with Crippen LogP contribution in [0.15, 0.2) is 29.2 Å². The second-order valence-electron chi connectivity index (χ2n) is 4.82. The molecule has 1 fully saturated rings. The van der Waals surface area contributed by atoms with Gasteiger partial charge in [-0.15, -0.1) is 0 Å². The molecule has 1 aliphatic rings. The fourth-order valence-corrected chi connectivity index (χ4v) is 3.32. The Hall–Kier alpha value is -1.86. The highest BCUT2D eigenvalue weighted by atomic mass is 32.2. The van der Waals surface area contributed by atoms with E-state index in [4.69, 9.17) is 9.84 Å². The van der Waals surface area contributed by atoms with Crippen LogP contribution in [0.2, 0.25) is 0 Å². The Labute approximate surface area is 123 Å². The molecule has 2 N–H and O–H groups in total. The molecule has 21 heavy (non-hydrogen) atoms. The van der Waals surface area contributed by atoms with Crippen LogP contribution in [0.1, 0.15) is 24.8 Å². The predicted molar refractivity (Wildman–Crippen MR) is 77.6 cm³/mol. The Morgan fingerprint density at radius 3 is 2.67 bits per heavy atom. The number of hydrogen-bond donors (Lipinski definition) is 2. The Balaban J connectivity index is 2.31. The number of ether oxygens (including phenoxy) is 1. The minimum absolute atomic E-state index is 0.00452. The predicted octanol–water partition coefficient (Wildman–Crippen LogP) is 1.62. The van der Waals surface area contributed by atoms with E-state index in [1.807, 2.05) is 0 Å². The molecule has 0 heterocycles. The number of benzene rings is 1. The molecule has 0 radical (unpaired) electrons. The van der Waals surface area contributed by atoms with Gasteiger partial charge < -0.3 is 9.84 Å². The number of sulfonamides is 1. The van der Waals surface area contributed by atoms with Crippen LogP contribution in [-0.2, 0) is 14.8 Å². The summed E-state index contributed by atoms with van der Waals surface area (Å²) >= 11 is 0. The molecule has 0 amide bonds. The third kappa shape index (κ3) is 3.83. The van der Waals surface area contributed by atoms with Gasteiger partial charge in [-0.1, -0.05) is 6.42 Å². The molecule has 1 saturated carbocycles. The van der Waals surface area contributed by atoms with E-state index in [2.05, 4.69) is 4.72 Å². The lowest BCUT2D eigenvalue weighted by molar-refractivity contribution is -0.131. The van der Waals surface area contributed by atoms with Crippen molar-refractivity contribution in [3.05, 3.63) is 29.8 Å². The average molecular weight is 311 g/mol. The smallest absolute Gasteiger partial charge is 0.328 e. The number of aliphatic carboxylic acids is 1. The monoisotopic (exact) mass is 311 g/mol. The molecule has 114 valence electrons. The molecule has 6 nitrogen and oxygen atoms in total. The summed E-state index contributed by atoms with van der Waals surface area (Å²) in [7, 11) is -2.15. The van der Waals surface area contributed by atoms with Crippen LogP contribution < -0.4 is 9.46 Å². The van der Waals surface area contributed by atoms with Crippen LogP contribution >= 0.6 is 0 Å². The van der Waals surface area contributed by atoms with Crippen molar-refractivity contribution in [2.45, 2.75) is 30.2 Å². The van der Waals surface area contributed by atoms with Crippen LogP contribution in [0.25, 0.3) is 6.08 Å². The van der Waals surface area contributed by atoms with Crippen molar-refractivity contribution in [3.63, 3.8) is 0 Å². The summed E-state index contributed by atoms with van der Waals surface area (Å²) in [5, 5.41) is 8.67. The minimum atomic E-state index is -3.59.